The Morgan fingerprint density at radius 3 is 2.31 bits per heavy atom. The minimum Gasteiger partial charge on any atom is -0.489 e. The zero-order valence-corrected chi connectivity index (χ0v) is 22.5. The Morgan fingerprint density at radius 1 is 0.974 bits per heavy atom. The highest BCUT2D eigenvalue weighted by atomic mass is 35.5. The summed E-state index contributed by atoms with van der Waals surface area (Å²) in [5, 5.41) is 4.58. The van der Waals surface area contributed by atoms with Crippen molar-refractivity contribution in [3.05, 3.63) is 125 Å². The zero-order valence-electron chi connectivity index (χ0n) is 20.9. The number of nitrogens with one attached hydrogen (secondary N) is 1. The molecule has 0 aliphatic rings. The van der Waals surface area contributed by atoms with Gasteiger partial charge in [-0.1, -0.05) is 47.5 Å². The number of rotatable bonds is 10. The van der Waals surface area contributed by atoms with Gasteiger partial charge in [-0.05, 0) is 79.2 Å². The third-order valence-corrected chi connectivity index (χ3v) is 7.80. The van der Waals surface area contributed by atoms with E-state index in [-0.39, 0.29) is 10.6 Å². The van der Waals surface area contributed by atoms with Crippen molar-refractivity contribution in [2.24, 2.45) is 5.10 Å². The topological polar surface area (TPSA) is 88.1 Å². The molecule has 0 saturated carbocycles. The molecule has 0 saturated heterocycles. The molecule has 0 bridgehead atoms. The van der Waals surface area contributed by atoms with Gasteiger partial charge in [0.25, 0.3) is 15.9 Å². The predicted octanol–water partition coefficient (Wildman–Crippen LogP) is 5.71. The van der Waals surface area contributed by atoms with Gasteiger partial charge in [0, 0.05) is 10.6 Å². The van der Waals surface area contributed by atoms with E-state index >= 15 is 0 Å². The molecule has 10 heteroatoms. The molecule has 0 aliphatic heterocycles. The molecule has 4 aromatic rings. The average molecular weight is 566 g/mol. The van der Waals surface area contributed by atoms with Crippen molar-refractivity contribution >= 4 is 39.4 Å². The summed E-state index contributed by atoms with van der Waals surface area (Å²) in [5.41, 5.74) is 5.13. The van der Waals surface area contributed by atoms with Crippen LogP contribution >= 0.6 is 11.6 Å². The first-order chi connectivity index (χ1) is 18.7. The number of ether oxygens (including phenoxy) is 1. The predicted molar refractivity (Wildman–Crippen MR) is 150 cm³/mol. The number of hydrogen-bond donors (Lipinski definition) is 1. The first-order valence-electron chi connectivity index (χ1n) is 11.9. The van der Waals surface area contributed by atoms with E-state index in [0.717, 1.165) is 39.7 Å². The van der Waals surface area contributed by atoms with Crippen LogP contribution in [0, 0.1) is 12.7 Å². The fourth-order valence-electron chi connectivity index (χ4n) is 3.53. The first-order valence-corrected chi connectivity index (χ1v) is 13.7. The van der Waals surface area contributed by atoms with Crippen molar-refractivity contribution in [2.75, 3.05) is 10.8 Å². The maximum atomic E-state index is 13.4. The van der Waals surface area contributed by atoms with Gasteiger partial charge in [0.15, 0.2) is 0 Å². The van der Waals surface area contributed by atoms with Crippen LogP contribution in [0.25, 0.3) is 0 Å². The van der Waals surface area contributed by atoms with Gasteiger partial charge in [-0.25, -0.2) is 18.2 Å². The summed E-state index contributed by atoms with van der Waals surface area (Å²) in [7, 11) is -4.16. The largest absolute Gasteiger partial charge is 0.489 e. The van der Waals surface area contributed by atoms with E-state index in [4.69, 9.17) is 16.3 Å². The Bertz CT molecular complexity index is 1560. The van der Waals surface area contributed by atoms with Gasteiger partial charge in [-0.15, -0.1) is 0 Å². The Balaban J connectivity index is 1.40. The van der Waals surface area contributed by atoms with Crippen molar-refractivity contribution in [2.45, 2.75) is 18.4 Å². The molecule has 0 aromatic heterocycles. The number of hydrazone groups is 1. The molecule has 0 aliphatic carbocycles. The number of hydrogen-bond acceptors (Lipinski definition) is 5. The monoisotopic (exact) mass is 565 g/mol. The lowest BCUT2D eigenvalue weighted by Gasteiger charge is -2.23. The lowest BCUT2D eigenvalue weighted by Crippen LogP contribution is -2.39. The summed E-state index contributed by atoms with van der Waals surface area (Å²) in [6.45, 7) is 1.65. The lowest BCUT2D eigenvalue weighted by atomic mass is 10.2. The first kappa shape index (κ1) is 27.8. The highest BCUT2D eigenvalue weighted by Gasteiger charge is 2.27. The third-order valence-electron chi connectivity index (χ3n) is 5.65. The number of amides is 1. The molecule has 0 unspecified atom stereocenters. The number of aryl methyl sites for hydroxylation is 1. The SMILES string of the molecule is Cc1ccc(N(CC(=O)N/N=C\c2ccc(OCc3ccccc3Cl)cc2)S(=O)(=O)c2ccc(F)cc2)cc1. The normalized spacial score (nSPS) is 11.4. The van der Waals surface area contributed by atoms with Gasteiger partial charge in [-0.3, -0.25) is 9.10 Å². The number of benzene rings is 4. The second kappa shape index (κ2) is 12.6. The van der Waals surface area contributed by atoms with Crippen LogP contribution < -0.4 is 14.5 Å². The van der Waals surface area contributed by atoms with E-state index in [0.29, 0.717) is 22.9 Å². The van der Waals surface area contributed by atoms with Gasteiger partial charge in [0.05, 0.1) is 16.8 Å². The second-order valence-corrected chi connectivity index (χ2v) is 10.8. The van der Waals surface area contributed by atoms with E-state index < -0.39 is 28.3 Å². The molecule has 1 amide bonds. The molecule has 7 nitrogen and oxygen atoms in total. The Kier molecular flexibility index (Phi) is 8.96. The summed E-state index contributed by atoms with van der Waals surface area (Å²) in [6.07, 6.45) is 1.43. The van der Waals surface area contributed by atoms with Crippen molar-refractivity contribution < 1.29 is 22.3 Å². The van der Waals surface area contributed by atoms with Crippen LogP contribution in [0.15, 0.2) is 107 Å². The average Bonchev–Trinajstić information content (AvgIpc) is 2.93. The number of nitrogens with zero attached hydrogens (tertiary/aromatic N) is 2. The van der Waals surface area contributed by atoms with Crippen molar-refractivity contribution in [3.63, 3.8) is 0 Å². The van der Waals surface area contributed by atoms with Crippen LogP contribution in [-0.4, -0.2) is 27.1 Å². The highest BCUT2D eigenvalue weighted by Crippen LogP contribution is 2.24. The molecule has 4 rings (SSSR count). The molecule has 39 heavy (non-hydrogen) atoms. The van der Waals surface area contributed by atoms with Crippen molar-refractivity contribution in [1.82, 2.24) is 5.43 Å². The van der Waals surface area contributed by atoms with Gasteiger partial charge in [-0.2, -0.15) is 5.10 Å². The molecule has 1 N–H and O–H groups in total. The Morgan fingerprint density at radius 2 is 1.64 bits per heavy atom. The third kappa shape index (κ3) is 7.43. The quantitative estimate of drug-likeness (QED) is 0.197. The maximum absolute atomic E-state index is 13.4. The minimum absolute atomic E-state index is 0.141. The number of sulfonamides is 1. The lowest BCUT2D eigenvalue weighted by molar-refractivity contribution is -0.119. The summed E-state index contributed by atoms with van der Waals surface area (Å²) < 4.78 is 46.7. The fourth-order valence-corrected chi connectivity index (χ4v) is 5.14. The smallest absolute Gasteiger partial charge is 0.264 e. The van der Waals surface area contributed by atoms with Crippen LogP contribution in [0.5, 0.6) is 5.75 Å². The van der Waals surface area contributed by atoms with Gasteiger partial charge < -0.3 is 4.74 Å². The highest BCUT2D eigenvalue weighted by molar-refractivity contribution is 7.92. The van der Waals surface area contributed by atoms with E-state index in [1.165, 1.54) is 6.21 Å². The van der Waals surface area contributed by atoms with Crippen LogP contribution in [0.2, 0.25) is 5.02 Å². The molecule has 0 spiro atoms. The number of carbonyl (C=O) groups excluding carboxylic acids is 1. The summed E-state index contributed by atoms with van der Waals surface area (Å²) in [4.78, 5) is 12.6. The number of carbonyl (C=O) groups is 1. The molecular weight excluding hydrogens is 541 g/mol. The van der Waals surface area contributed by atoms with Crippen LogP contribution in [0.4, 0.5) is 10.1 Å². The molecular formula is C29H25ClFN3O4S. The molecule has 0 heterocycles. The molecule has 0 radical (unpaired) electrons. The van der Waals surface area contributed by atoms with Crippen LogP contribution in [-0.2, 0) is 21.4 Å². The van der Waals surface area contributed by atoms with E-state index in [1.54, 1.807) is 54.6 Å². The van der Waals surface area contributed by atoms with Crippen LogP contribution in [0.3, 0.4) is 0 Å². The standard InChI is InChI=1S/C29H25ClFN3O4S/c1-21-6-12-25(13-7-21)34(39(36,37)27-16-10-24(31)11-17-27)19-29(35)33-32-18-22-8-14-26(15-9-22)38-20-23-4-2-3-5-28(23)30/h2-18H,19-20H2,1H3,(H,33,35)/b32-18-. The molecule has 200 valence electrons. The maximum Gasteiger partial charge on any atom is 0.264 e. The van der Waals surface area contributed by atoms with Gasteiger partial charge >= 0.3 is 0 Å². The van der Waals surface area contributed by atoms with Crippen molar-refractivity contribution in [1.29, 1.82) is 0 Å². The summed E-state index contributed by atoms with van der Waals surface area (Å²) >= 11 is 6.15. The van der Waals surface area contributed by atoms with Crippen LogP contribution in [0.1, 0.15) is 16.7 Å². The number of halogens is 2. The minimum atomic E-state index is -4.16. The zero-order chi connectivity index (χ0) is 27.8. The van der Waals surface area contributed by atoms with Crippen molar-refractivity contribution in [3.8, 4) is 5.75 Å². The van der Waals surface area contributed by atoms with E-state index in [1.807, 2.05) is 25.1 Å². The van der Waals surface area contributed by atoms with E-state index in [2.05, 4.69) is 10.5 Å². The number of anilines is 1. The molecule has 0 fully saturated rings. The molecule has 0 atom stereocenters. The summed E-state index contributed by atoms with van der Waals surface area (Å²) in [6, 6.07) is 25.5. The molecule has 4 aromatic carbocycles. The Labute approximate surface area is 231 Å². The Hall–Kier alpha value is -4.21. The van der Waals surface area contributed by atoms with Gasteiger partial charge in [0.2, 0.25) is 0 Å². The second-order valence-electron chi connectivity index (χ2n) is 8.54. The van der Waals surface area contributed by atoms with E-state index in [9.17, 15) is 17.6 Å². The fraction of sp³-hybridized carbons (Fsp3) is 0.103. The summed E-state index contributed by atoms with van der Waals surface area (Å²) in [5.74, 6) is -0.587. The van der Waals surface area contributed by atoms with Gasteiger partial charge in [0.1, 0.15) is 24.7 Å².